The molecule has 0 saturated heterocycles. The molecule has 1 aromatic rings. The monoisotopic (exact) mass is 187 g/mol. The zero-order valence-corrected chi connectivity index (χ0v) is 6.94. The van der Waals surface area contributed by atoms with Crippen LogP contribution < -0.4 is 5.73 Å². The van der Waals surface area contributed by atoms with Crippen molar-refractivity contribution in [3.63, 3.8) is 0 Å². The summed E-state index contributed by atoms with van der Waals surface area (Å²) in [4.78, 5) is 11.0. The Balaban J connectivity index is 3.08. The zero-order chi connectivity index (χ0) is 9.14. The highest BCUT2D eigenvalue weighted by atomic mass is 35.5. The molecule has 0 saturated carbocycles. The highest BCUT2D eigenvalue weighted by Gasteiger charge is 2.05. The quantitative estimate of drug-likeness (QED) is 0.715. The van der Waals surface area contributed by atoms with Crippen molar-refractivity contribution in [1.29, 1.82) is 0 Å². The molecule has 12 heavy (non-hydrogen) atoms. The van der Waals surface area contributed by atoms with E-state index in [0.29, 0.717) is 0 Å². The average molecular weight is 188 g/mol. The third-order valence-corrected chi connectivity index (χ3v) is 1.59. The number of halogens is 2. The van der Waals surface area contributed by atoms with E-state index >= 15 is 0 Å². The van der Waals surface area contributed by atoms with Gasteiger partial charge in [-0.3, -0.25) is 4.79 Å². The first kappa shape index (κ1) is 9.16. The van der Waals surface area contributed by atoms with Gasteiger partial charge in [-0.15, -0.1) is 0 Å². The van der Waals surface area contributed by atoms with Crippen molar-refractivity contribution in [3.8, 4) is 0 Å². The van der Waals surface area contributed by atoms with Crippen LogP contribution in [0.3, 0.4) is 0 Å². The minimum atomic E-state index is -0.528. The second-order valence-corrected chi connectivity index (χ2v) is 2.72. The molecule has 0 fully saturated rings. The van der Waals surface area contributed by atoms with Gasteiger partial charge in [0.05, 0.1) is 6.54 Å². The molecule has 64 valence electrons. The van der Waals surface area contributed by atoms with Crippen molar-refractivity contribution < 1.29 is 9.18 Å². The number of Topliss-reactive ketones (excluding diaryl/α,β-unsaturated/α-hetero) is 1. The number of ketones is 1. The maximum Gasteiger partial charge on any atom is 0.176 e. The minimum absolute atomic E-state index is 0.139. The maximum atomic E-state index is 12.6. The Morgan fingerprint density at radius 1 is 1.50 bits per heavy atom. The lowest BCUT2D eigenvalue weighted by Gasteiger charge is -1.98. The van der Waals surface area contributed by atoms with Gasteiger partial charge < -0.3 is 5.73 Å². The summed E-state index contributed by atoms with van der Waals surface area (Å²) < 4.78 is 12.6. The van der Waals surface area contributed by atoms with Crippen LogP contribution in [0, 0.1) is 5.82 Å². The standard InChI is InChI=1S/C8H7ClFNO/c9-6-1-5(8(12)4-11)2-7(10)3-6/h1-3H,4,11H2. The average Bonchev–Trinajstić information content (AvgIpc) is 2.01. The number of hydrogen-bond acceptors (Lipinski definition) is 2. The predicted molar refractivity (Wildman–Crippen MR) is 44.8 cm³/mol. The fraction of sp³-hybridized carbons (Fsp3) is 0.125. The Hall–Kier alpha value is -0.930. The minimum Gasteiger partial charge on any atom is -0.324 e. The Bertz CT molecular complexity index is 294. The number of carbonyl (C=O) groups excluding carboxylic acids is 1. The third kappa shape index (κ3) is 2.03. The lowest BCUT2D eigenvalue weighted by atomic mass is 10.1. The molecule has 4 heteroatoms. The number of carbonyl (C=O) groups is 1. The largest absolute Gasteiger partial charge is 0.324 e. The zero-order valence-electron chi connectivity index (χ0n) is 6.18. The van der Waals surface area contributed by atoms with E-state index in [2.05, 4.69) is 0 Å². The van der Waals surface area contributed by atoms with E-state index < -0.39 is 5.82 Å². The van der Waals surface area contributed by atoms with E-state index in [1.54, 1.807) is 0 Å². The Labute approximate surface area is 74.1 Å². The van der Waals surface area contributed by atoms with Crippen LogP contribution in [-0.4, -0.2) is 12.3 Å². The van der Waals surface area contributed by atoms with E-state index in [0.717, 1.165) is 12.1 Å². The summed E-state index contributed by atoms with van der Waals surface area (Å²) in [6, 6.07) is 3.63. The van der Waals surface area contributed by atoms with Gasteiger partial charge in [-0.2, -0.15) is 0 Å². The Morgan fingerprint density at radius 3 is 2.67 bits per heavy atom. The molecule has 2 nitrogen and oxygen atoms in total. The highest BCUT2D eigenvalue weighted by molar-refractivity contribution is 6.31. The molecular weight excluding hydrogens is 181 g/mol. The second-order valence-electron chi connectivity index (χ2n) is 2.29. The van der Waals surface area contributed by atoms with Crippen LogP contribution in [0.15, 0.2) is 18.2 Å². The third-order valence-electron chi connectivity index (χ3n) is 1.37. The van der Waals surface area contributed by atoms with Crippen LogP contribution in [-0.2, 0) is 0 Å². The van der Waals surface area contributed by atoms with E-state index in [4.69, 9.17) is 17.3 Å². The summed E-state index contributed by atoms with van der Waals surface area (Å²) in [5.74, 6) is -0.851. The molecular formula is C8H7ClFNO. The smallest absolute Gasteiger partial charge is 0.176 e. The predicted octanol–water partition coefficient (Wildman–Crippen LogP) is 1.62. The molecule has 0 bridgehead atoms. The van der Waals surface area contributed by atoms with Crippen molar-refractivity contribution in [3.05, 3.63) is 34.6 Å². The molecule has 0 unspecified atom stereocenters. The van der Waals surface area contributed by atoms with Crippen LogP contribution >= 0.6 is 11.6 Å². The van der Waals surface area contributed by atoms with Crippen LogP contribution in [0.2, 0.25) is 5.02 Å². The van der Waals surface area contributed by atoms with Gasteiger partial charge in [0.2, 0.25) is 0 Å². The molecule has 2 N–H and O–H groups in total. The van der Waals surface area contributed by atoms with Gasteiger partial charge in [0, 0.05) is 10.6 Å². The van der Waals surface area contributed by atoms with Crippen molar-refractivity contribution in [1.82, 2.24) is 0 Å². The first-order valence-electron chi connectivity index (χ1n) is 3.33. The van der Waals surface area contributed by atoms with Gasteiger partial charge in [0.15, 0.2) is 5.78 Å². The molecule has 1 rings (SSSR count). The van der Waals surface area contributed by atoms with Crippen molar-refractivity contribution in [2.45, 2.75) is 0 Å². The normalized spacial score (nSPS) is 9.92. The first-order valence-corrected chi connectivity index (χ1v) is 3.70. The van der Waals surface area contributed by atoms with Crippen LogP contribution in [0.4, 0.5) is 4.39 Å². The van der Waals surface area contributed by atoms with Gasteiger partial charge in [0.25, 0.3) is 0 Å². The molecule has 0 aliphatic heterocycles. The fourth-order valence-corrected chi connectivity index (χ4v) is 1.05. The summed E-state index contributed by atoms with van der Waals surface area (Å²) in [6.07, 6.45) is 0. The van der Waals surface area contributed by atoms with Crippen LogP contribution in [0.5, 0.6) is 0 Å². The summed E-state index contributed by atoms with van der Waals surface area (Å²) >= 11 is 5.52. The SMILES string of the molecule is NCC(=O)c1cc(F)cc(Cl)c1. The van der Waals surface area contributed by atoms with E-state index in [1.165, 1.54) is 6.07 Å². The Kier molecular flexibility index (Phi) is 2.78. The van der Waals surface area contributed by atoms with Gasteiger partial charge in [-0.1, -0.05) is 11.6 Å². The van der Waals surface area contributed by atoms with Crippen LogP contribution in [0.25, 0.3) is 0 Å². The molecule has 0 heterocycles. The molecule has 0 radical (unpaired) electrons. The number of rotatable bonds is 2. The van der Waals surface area contributed by atoms with Gasteiger partial charge in [-0.05, 0) is 18.2 Å². The molecule has 0 amide bonds. The van der Waals surface area contributed by atoms with Crippen molar-refractivity contribution in [2.75, 3.05) is 6.54 Å². The number of benzene rings is 1. The highest BCUT2D eigenvalue weighted by Crippen LogP contribution is 2.14. The first-order chi connectivity index (χ1) is 5.63. The van der Waals surface area contributed by atoms with E-state index in [9.17, 15) is 9.18 Å². The lowest BCUT2D eigenvalue weighted by Crippen LogP contribution is -2.13. The van der Waals surface area contributed by atoms with Crippen molar-refractivity contribution in [2.24, 2.45) is 5.73 Å². The topological polar surface area (TPSA) is 43.1 Å². The van der Waals surface area contributed by atoms with Gasteiger partial charge in [0.1, 0.15) is 5.82 Å². The maximum absolute atomic E-state index is 12.6. The molecule has 1 aromatic carbocycles. The summed E-state index contributed by atoms with van der Waals surface area (Å²) in [6.45, 7) is -0.139. The van der Waals surface area contributed by atoms with Crippen LogP contribution in [0.1, 0.15) is 10.4 Å². The van der Waals surface area contributed by atoms with E-state index in [-0.39, 0.29) is 22.9 Å². The molecule has 0 aliphatic carbocycles. The van der Waals surface area contributed by atoms with Gasteiger partial charge in [-0.25, -0.2) is 4.39 Å². The molecule has 0 atom stereocenters. The van der Waals surface area contributed by atoms with Gasteiger partial charge >= 0.3 is 0 Å². The lowest BCUT2D eigenvalue weighted by molar-refractivity contribution is 0.100. The van der Waals surface area contributed by atoms with Crippen molar-refractivity contribution >= 4 is 17.4 Å². The molecule has 0 spiro atoms. The number of nitrogens with two attached hydrogens (primary N) is 1. The summed E-state index contributed by atoms with van der Waals surface area (Å²) in [5, 5.41) is 0.201. The summed E-state index contributed by atoms with van der Waals surface area (Å²) in [5.41, 5.74) is 5.30. The number of hydrogen-bond donors (Lipinski definition) is 1. The summed E-state index contributed by atoms with van der Waals surface area (Å²) in [7, 11) is 0. The molecule has 0 aromatic heterocycles. The fourth-order valence-electron chi connectivity index (χ4n) is 0.833. The molecule has 0 aliphatic rings. The Morgan fingerprint density at radius 2 is 2.17 bits per heavy atom. The van der Waals surface area contributed by atoms with E-state index in [1.807, 2.05) is 0 Å². The second kappa shape index (κ2) is 3.65.